The molecule has 2 amide bonds. The third-order valence-electron chi connectivity index (χ3n) is 6.44. The summed E-state index contributed by atoms with van der Waals surface area (Å²) < 4.78 is 51.9. The molecule has 0 bridgehead atoms. The van der Waals surface area contributed by atoms with Gasteiger partial charge in [0.2, 0.25) is 11.8 Å². The van der Waals surface area contributed by atoms with Crippen LogP contribution in [0.25, 0.3) is 0 Å². The highest BCUT2D eigenvalue weighted by Crippen LogP contribution is 2.51. The Bertz CT molecular complexity index is 1090. The van der Waals surface area contributed by atoms with Crippen LogP contribution in [-0.4, -0.2) is 89.0 Å². The van der Waals surface area contributed by atoms with Crippen molar-refractivity contribution in [3.05, 3.63) is 34.9 Å². The van der Waals surface area contributed by atoms with Crippen molar-refractivity contribution in [3.63, 3.8) is 0 Å². The number of nitrogens with one attached hydrogen (secondary N) is 1. The van der Waals surface area contributed by atoms with E-state index >= 15 is 0 Å². The second-order valence-corrected chi connectivity index (χ2v) is 9.21. The summed E-state index contributed by atoms with van der Waals surface area (Å²) in [5.41, 5.74) is 0.714. The average Bonchev–Trinajstić information content (AvgIpc) is 3.25. The Balaban J connectivity index is 2.09. The molecule has 10 nitrogen and oxygen atoms in total. The molecule has 0 fully saturated rings. The van der Waals surface area contributed by atoms with Crippen LogP contribution in [0.4, 0.5) is 13.2 Å². The van der Waals surface area contributed by atoms with Crippen LogP contribution >= 0.6 is 0 Å². The number of ketones is 1. The highest BCUT2D eigenvalue weighted by molar-refractivity contribution is 5.96. The van der Waals surface area contributed by atoms with E-state index in [-0.39, 0.29) is 55.3 Å². The summed E-state index contributed by atoms with van der Waals surface area (Å²) in [6.45, 7) is -1.32. The fraction of sp³-hybridized carbons (Fsp3) is 0.560. The van der Waals surface area contributed by atoms with Crippen molar-refractivity contribution in [2.75, 3.05) is 26.8 Å². The van der Waals surface area contributed by atoms with Crippen molar-refractivity contribution in [2.45, 2.75) is 63.1 Å². The van der Waals surface area contributed by atoms with Crippen LogP contribution in [0.5, 0.6) is 11.5 Å². The van der Waals surface area contributed by atoms with E-state index in [1.54, 1.807) is 6.07 Å². The summed E-state index contributed by atoms with van der Waals surface area (Å²) in [4.78, 5) is 37.8. The summed E-state index contributed by atoms with van der Waals surface area (Å²) in [5.74, 6) is -2.53. The third kappa shape index (κ3) is 6.45. The molecule has 1 aromatic rings. The molecule has 1 heterocycles. The molecular weight excluding hydrogens is 513 g/mol. The first kappa shape index (κ1) is 29.4. The molecule has 0 radical (unpaired) electrons. The molecule has 0 spiro atoms. The van der Waals surface area contributed by atoms with Crippen LogP contribution in [0.3, 0.4) is 0 Å². The summed E-state index contributed by atoms with van der Waals surface area (Å²) in [7, 11) is 1.34. The fourth-order valence-electron chi connectivity index (χ4n) is 4.80. The predicted octanol–water partition coefficient (Wildman–Crippen LogP) is 0.960. The summed E-state index contributed by atoms with van der Waals surface area (Å²) >= 11 is 0. The first-order chi connectivity index (χ1) is 17.9. The number of halogens is 3. The molecule has 38 heavy (non-hydrogen) atoms. The highest BCUT2D eigenvalue weighted by atomic mass is 19.4. The van der Waals surface area contributed by atoms with Gasteiger partial charge in [0.1, 0.15) is 24.5 Å². The standard InChI is InChI=1S/C25H31F3N2O8/c1-13(33)4-3-5-19(34)30(12-25(26,27)28)17-10-16(24(36)29-6-7-31)20-15-8-14(11-32)9-18(37-2)22(15)38-23(20)21(17)35/h8-10,17,20-21,23,31-32,35H,3-7,11-12H2,1-2H3,(H,29,36). The van der Waals surface area contributed by atoms with Gasteiger partial charge in [0.25, 0.3) is 0 Å². The topological polar surface area (TPSA) is 146 Å². The molecule has 1 aliphatic carbocycles. The Morgan fingerprint density at radius 2 is 1.89 bits per heavy atom. The Morgan fingerprint density at radius 3 is 2.47 bits per heavy atom. The number of aliphatic hydroxyl groups excluding tert-OH is 3. The Labute approximate surface area is 217 Å². The third-order valence-corrected chi connectivity index (χ3v) is 6.44. The zero-order valence-corrected chi connectivity index (χ0v) is 21.0. The fourth-order valence-corrected chi connectivity index (χ4v) is 4.80. The molecule has 0 aromatic heterocycles. The van der Waals surface area contributed by atoms with E-state index < -0.39 is 55.3 Å². The van der Waals surface area contributed by atoms with Crippen molar-refractivity contribution in [3.8, 4) is 11.5 Å². The first-order valence-corrected chi connectivity index (χ1v) is 12.0. The molecule has 1 aliphatic heterocycles. The smallest absolute Gasteiger partial charge is 0.406 e. The number of fused-ring (bicyclic) bond motifs is 3. The van der Waals surface area contributed by atoms with Gasteiger partial charge < -0.3 is 39.8 Å². The van der Waals surface area contributed by atoms with Crippen molar-refractivity contribution in [1.82, 2.24) is 10.2 Å². The number of carbonyl (C=O) groups is 3. The monoisotopic (exact) mass is 544 g/mol. The van der Waals surface area contributed by atoms with Gasteiger partial charge in [-0.05, 0) is 37.1 Å². The van der Waals surface area contributed by atoms with Crippen molar-refractivity contribution in [1.29, 1.82) is 0 Å². The lowest BCUT2D eigenvalue weighted by molar-refractivity contribution is -0.170. The van der Waals surface area contributed by atoms with Gasteiger partial charge >= 0.3 is 6.18 Å². The zero-order valence-electron chi connectivity index (χ0n) is 21.0. The highest BCUT2D eigenvalue weighted by Gasteiger charge is 2.52. The minimum absolute atomic E-state index is 0.000419. The van der Waals surface area contributed by atoms with E-state index in [0.29, 0.717) is 16.0 Å². The van der Waals surface area contributed by atoms with Gasteiger partial charge in [0, 0.05) is 30.5 Å². The number of amides is 2. The molecule has 13 heteroatoms. The first-order valence-electron chi connectivity index (χ1n) is 12.0. The number of methoxy groups -OCH3 is 1. The molecule has 3 rings (SSSR count). The maximum absolute atomic E-state index is 13.6. The van der Waals surface area contributed by atoms with Gasteiger partial charge in [0.05, 0.1) is 32.3 Å². The minimum Gasteiger partial charge on any atom is -0.493 e. The van der Waals surface area contributed by atoms with Crippen molar-refractivity contribution < 1.29 is 52.3 Å². The molecular formula is C25H31F3N2O8. The lowest BCUT2D eigenvalue weighted by Crippen LogP contribution is -2.57. The van der Waals surface area contributed by atoms with Crippen LogP contribution in [0.2, 0.25) is 0 Å². The molecule has 0 saturated carbocycles. The number of hydrogen-bond donors (Lipinski definition) is 4. The minimum atomic E-state index is -4.82. The number of benzene rings is 1. The average molecular weight is 545 g/mol. The SMILES string of the molecule is COc1cc(CO)cc2c1OC1C2C(C(=O)NCCO)=CC(N(CC(F)(F)F)C(=O)CCCC(C)=O)C1O. The summed E-state index contributed by atoms with van der Waals surface area (Å²) in [6.07, 6.45) is -7.00. The summed E-state index contributed by atoms with van der Waals surface area (Å²) in [6, 6.07) is 1.45. The van der Waals surface area contributed by atoms with Crippen LogP contribution in [0.1, 0.15) is 43.2 Å². The van der Waals surface area contributed by atoms with Gasteiger partial charge in [-0.3, -0.25) is 9.59 Å². The largest absolute Gasteiger partial charge is 0.493 e. The van der Waals surface area contributed by atoms with E-state index in [0.717, 1.165) is 6.08 Å². The second kappa shape index (κ2) is 12.1. The zero-order chi connectivity index (χ0) is 28.2. The molecule has 4 N–H and O–H groups in total. The normalized spacial score (nSPS) is 22.1. The van der Waals surface area contributed by atoms with Gasteiger partial charge in [-0.1, -0.05) is 0 Å². The maximum atomic E-state index is 13.6. The van der Waals surface area contributed by atoms with E-state index in [1.807, 2.05) is 0 Å². The van der Waals surface area contributed by atoms with E-state index in [9.17, 15) is 37.8 Å². The van der Waals surface area contributed by atoms with Crippen LogP contribution in [0, 0.1) is 0 Å². The quantitative estimate of drug-likeness (QED) is 0.322. The van der Waals surface area contributed by atoms with Gasteiger partial charge in [0.15, 0.2) is 11.5 Å². The van der Waals surface area contributed by atoms with Gasteiger partial charge in [-0.15, -0.1) is 0 Å². The Kier molecular flexibility index (Phi) is 9.39. The molecule has 2 aliphatic rings. The van der Waals surface area contributed by atoms with E-state index in [2.05, 4.69) is 5.32 Å². The van der Waals surface area contributed by atoms with Gasteiger partial charge in [-0.2, -0.15) is 13.2 Å². The number of rotatable bonds is 11. The molecule has 4 atom stereocenters. The molecule has 4 unspecified atom stereocenters. The summed E-state index contributed by atoms with van der Waals surface area (Å²) in [5, 5.41) is 32.6. The number of carbonyl (C=O) groups excluding carboxylic acids is 3. The number of alkyl halides is 3. The van der Waals surface area contributed by atoms with E-state index in [1.165, 1.54) is 20.1 Å². The molecule has 0 saturated heterocycles. The Hall–Kier alpha value is -3.16. The van der Waals surface area contributed by atoms with Gasteiger partial charge in [-0.25, -0.2) is 0 Å². The number of ether oxygens (including phenoxy) is 2. The second-order valence-electron chi connectivity index (χ2n) is 9.21. The lowest BCUT2D eigenvalue weighted by atomic mass is 9.77. The Morgan fingerprint density at radius 1 is 1.18 bits per heavy atom. The lowest BCUT2D eigenvalue weighted by Gasteiger charge is -2.41. The van der Waals surface area contributed by atoms with Crippen LogP contribution < -0.4 is 14.8 Å². The molecule has 210 valence electrons. The number of Topliss-reactive ketones (excluding diaryl/α,β-unsaturated/α-hetero) is 1. The van der Waals surface area contributed by atoms with Crippen LogP contribution in [0.15, 0.2) is 23.8 Å². The number of hydrogen-bond acceptors (Lipinski definition) is 8. The number of nitrogens with zero attached hydrogens (tertiary/aromatic N) is 1. The maximum Gasteiger partial charge on any atom is 0.406 e. The predicted molar refractivity (Wildman–Crippen MR) is 126 cm³/mol. The molecule has 1 aromatic carbocycles. The van der Waals surface area contributed by atoms with Crippen molar-refractivity contribution in [2.24, 2.45) is 0 Å². The van der Waals surface area contributed by atoms with Crippen molar-refractivity contribution >= 4 is 17.6 Å². The van der Waals surface area contributed by atoms with E-state index in [4.69, 9.17) is 14.6 Å². The number of aliphatic hydroxyl groups is 3. The van der Waals surface area contributed by atoms with Crippen LogP contribution in [-0.2, 0) is 21.0 Å².